The van der Waals surface area contributed by atoms with Gasteiger partial charge in [-0.3, -0.25) is 0 Å². The van der Waals surface area contributed by atoms with E-state index in [0.717, 1.165) is 22.3 Å². The van der Waals surface area contributed by atoms with Crippen LogP contribution >= 0.6 is 0 Å². The Hall–Kier alpha value is -4.35. The lowest BCUT2D eigenvalue weighted by molar-refractivity contribution is -0.283. The Morgan fingerprint density at radius 3 is 1.61 bits per heavy atom. The number of hydrogen-bond donors (Lipinski definition) is 1. The highest BCUT2D eigenvalue weighted by molar-refractivity contribution is 5.60. The third-order valence-electron chi connectivity index (χ3n) is 8.38. The van der Waals surface area contributed by atoms with E-state index in [1.165, 1.54) is 0 Å². The Kier molecular flexibility index (Phi) is 15.2. The average molecular weight is 697 g/mol. The Labute approximate surface area is 300 Å². The van der Waals surface area contributed by atoms with Gasteiger partial charge in [-0.2, -0.15) is 0 Å². The number of hydrogen-bond acceptors (Lipinski definition) is 9. The van der Waals surface area contributed by atoms with Crippen LogP contribution in [0.25, 0.3) is 0 Å². The molecule has 0 aliphatic carbocycles. The van der Waals surface area contributed by atoms with Crippen LogP contribution in [0, 0.1) is 0 Å². The van der Waals surface area contributed by atoms with Gasteiger partial charge in [0, 0.05) is 0 Å². The highest BCUT2D eigenvalue weighted by Crippen LogP contribution is 2.33. The monoisotopic (exact) mass is 696 g/mol. The minimum absolute atomic E-state index is 0.167. The zero-order chi connectivity index (χ0) is 35.7. The summed E-state index contributed by atoms with van der Waals surface area (Å²) in [7, 11) is 0. The molecule has 1 heterocycles. The Morgan fingerprint density at radius 2 is 1.12 bits per heavy atom. The fourth-order valence-corrected chi connectivity index (χ4v) is 5.82. The summed E-state index contributed by atoms with van der Waals surface area (Å²) in [5.41, 5.74) is 3.94. The summed E-state index contributed by atoms with van der Waals surface area (Å²) in [5, 5.41) is 11.7. The molecular weight excluding hydrogens is 648 g/mol. The van der Waals surface area contributed by atoms with Crippen molar-refractivity contribution in [2.24, 2.45) is 0 Å². The van der Waals surface area contributed by atoms with Crippen molar-refractivity contribution in [3.05, 3.63) is 156 Å². The van der Waals surface area contributed by atoms with Crippen molar-refractivity contribution >= 4 is 6.16 Å². The highest BCUT2D eigenvalue weighted by atomic mass is 16.7. The summed E-state index contributed by atoms with van der Waals surface area (Å²) in [6.45, 7) is 4.94. The van der Waals surface area contributed by atoms with Gasteiger partial charge in [0.25, 0.3) is 0 Å². The van der Waals surface area contributed by atoms with Crippen LogP contribution in [0.5, 0.6) is 0 Å². The van der Waals surface area contributed by atoms with E-state index in [1.807, 2.05) is 121 Å². The zero-order valence-electron chi connectivity index (χ0n) is 29.2. The van der Waals surface area contributed by atoms with E-state index >= 15 is 0 Å². The maximum absolute atomic E-state index is 11.9. The van der Waals surface area contributed by atoms with E-state index < -0.39 is 48.9 Å². The average Bonchev–Trinajstić information content (AvgIpc) is 3.16. The molecule has 0 bridgehead atoms. The fourth-order valence-electron chi connectivity index (χ4n) is 5.82. The number of rotatable bonds is 18. The maximum atomic E-state index is 11.9. The molecule has 4 aromatic rings. The number of carbonyl (C=O) groups excluding carboxylic acids is 1. The Bertz CT molecular complexity index is 1570. The first kappa shape index (κ1) is 37.9. The van der Waals surface area contributed by atoms with Crippen molar-refractivity contribution in [2.75, 3.05) is 13.2 Å². The summed E-state index contributed by atoms with van der Waals surface area (Å²) >= 11 is 0. The van der Waals surface area contributed by atoms with Gasteiger partial charge in [0.05, 0.1) is 39.6 Å². The minimum Gasteiger partial charge on any atom is -0.435 e. The molecule has 0 spiro atoms. The Morgan fingerprint density at radius 1 is 0.667 bits per heavy atom. The molecule has 0 amide bonds. The third-order valence-corrected chi connectivity index (χ3v) is 8.38. The number of aliphatic hydroxyl groups is 1. The molecule has 9 nitrogen and oxygen atoms in total. The molecule has 1 fully saturated rings. The van der Waals surface area contributed by atoms with Crippen LogP contribution in [0.2, 0.25) is 0 Å². The van der Waals surface area contributed by atoms with Gasteiger partial charge in [-0.15, -0.1) is 0 Å². The lowest BCUT2D eigenvalue weighted by atomic mass is 9.91. The molecule has 51 heavy (non-hydrogen) atoms. The molecule has 1 aliphatic rings. The molecule has 1 aliphatic heterocycles. The molecule has 0 unspecified atom stereocenters. The van der Waals surface area contributed by atoms with Crippen LogP contribution in [-0.4, -0.2) is 67.2 Å². The van der Waals surface area contributed by atoms with E-state index in [0.29, 0.717) is 13.2 Å². The van der Waals surface area contributed by atoms with Crippen LogP contribution in [0.3, 0.4) is 0 Å². The van der Waals surface area contributed by atoms with Crippen LogP contribution < -0.4 is 0 Å². The van der Waals surface area contributed by atoms with Gasteiger partial charge in [-0.1, -0.05) is 127 Å². The summed E-state index contributed by atoms with van der Waals surface area (Å²) in [4.78, 5) is 11.9. The zero-order valence-corrected chi connectivity index (χ0v) is 29.2. The number of ether oxygens (including phenoxy) is 7. The largest absolute Gasteiger partial charge is 0.508 e. The second-order valence-electron chi connectivity index (χ2n) is 12.3. The van der Waals surface area contributed by atoms with Crippen molar-refractivity contribution < 1.29 is 43.1 Å². The molecule has 5 rings (SSSR count). The number of aliphatic hydroxyl groups excluding tert-OH is 1. The first-order valence-corrected chi connectivity index (χ1v) is 17.4. The van der Waals surface area contributed by atoms with Crippen molar-refractivity contribution in [1.82, 2.24) is 0 Å². The third kappa shape index (κ3) is 12.1. The van der Waals surface area contributed by atoms with Gasteiger partial charge in [0.2, 0.25) is 0 Å². The van der Waals surface area contributed by atoms with Crippen LogP contribution in [0.4, 0.5) is 4.79 Å². The van der Waals surface area contributed by atoms with E-state index in [9.17, 15) is 9.90 Å². The van der Waals surface area contributed by atoms with E-state index in [-0.39, 0.29) is 26.4 Å². The SMILES string of the molecule is CCOC(=O)O[C@H](C)/C=C\[C@@H](O)[C@@H]1O[C@H](COCc2ccccc2)[C@@H](OCc2ccccc2)[C@H](OCc2ccccc2)[C@H]1OCc1ccccc1. The molecule has 4 aromatic carbocycles. The molecule has 270 valence electrons. The quantitative estimate of drug-likeness (QED) is 0.0855. The van der Waals surface area contributed by atoms with Gasteiger partial charge < -0.3 is 38.3 Å². The van der Waals surface area contributed by atoms with Gasteiger partial charge in [-0.05, 0) is 42.2 Å². The van der Waals surface area contributed by atoms with Crippen molar-refractivity contribution in [2.45, 2.75) is 83.0 Å². The second-order valence-corrected chi connectivity index (χ2v) is 12.3. The summed E-state index contributed by atoms with van der Waals surface area (Å²) in [6, 6.07) is 39.5. The predicted octanol–water partition coefficient (Wildman–Crippen LogP) is 7.21. The molecule has 0 saturated carbocycles. The van der Waals surface area contributed by atoms with Crippen LogP contribution in [0.1, 0.15) is 36.1 Å². The number of benzene rings is 4. The molecule has 9 heteroatoms. The van der Waals surface area contributed by atoms with E-state index in [1.54, 1.807) is 26.0 Å². The fraction of sp³-hybridized carbons (Fsp3) is 0.357. The van der Waals surface area contributed by atoms with Gasteiger partial charge in [0.1, 0.15) is 42.7 Å². The molecule has 1 saturated heterocycles. The predicted molar refractivity (Wildman–Crippen MR) is 193 cm³/mol. The normalized spacial score (nSPS) is 21.6. The molecule has 0 radical (unpaired) electrons. The molecule has 0 aromatic heterocycles. The maximum Gasteiger partial charge on any atom is 0.508 e. The van der Waals surface area contributed by atoms with Gasteiger partial charge in [0.15, 0.2) is 0 Å². The lowest BCUT2D eigenvalue weighted by Crippen LogP contribution is -2.63. The molecular formula is C42H48O9. The Balaban J connectivity index is 1.46. The van der Waals surface area contributed by atoms with Crippen molar-refractivity contribution in [3.8, 4) is 0 Å². The summed E-state index contributed by atoms with van der Waals surface area (Å²) in [5.74, 6) is 0. The standard InChI is InChI=1S/C42H48O9/c1-3-46-42(44)50-31(2)24-25-36(43)38-40(48-28-34-20-12-6-13-21-34)41(49-29-35-22-14-7-15-23-35)39(47-27-33-18-10-5-11-19-33)37(51-38)30-45-26-32-16-8-4-9-17-32/h4-25,31,36-41,43H,3,26-30H2,1-2H3/b25-24-/t31-,36-,37-,38+,39-,40+,41+/m1/s1. The second kappa shape index (κ2) is 20.5. The summed E-state index contributed by atoms with van der Waals surface area (Å²) in [6.07, 6.45) is -3.12. The van der Waals surface area contributed by atoms with Crippen LogP contribution in [-0.2, 0) is 59.6 Å². The highest BCUT2D eigenvalue weighted by Gasteiger charge is 2.50. The minimum atomic E-state index is -1.17. The topological polar surface area (TPSA) is 102 Å². The molecule has 7 atom stereocenters. The summed E-state index contributed by atoms with van der Waals surface area (Å²) < 4.78 is 43.2. The lowest BCUT2D eigenvalue weighted by Gasteiger charge is -2.47. The van der Waals surface area contributed by atoms with Gasteiger partial charge >= 0.3 is 6.16 Å². The number of carbonyl (C=O) groups is 1. The van der Waals surface area contributed by atoms with E-state index in [2.05, 4.69) is 0 Å². The van der Waals surface area contributed by atoms with Crippen molar-refractivity contribution in [1.29, 1.82) is 0 Å². The first-order chi connectivity index (χ1) is 25.0. The van der Waals surface area contributed by atoms with Crippen LogP contribution in [0.15, 0.2) is 133 Å². The molecule has 1 N–H and O–H groups in total. The first-order valence-electron chi connectivity index (χ1n) is 17.4. The van der Waals surface area contributed by atoms with Gasteiger partial charge in [-0.25, -0.2) is 4.79 Å². The van der Waals surface area contributed by atoms with E-state index in [4.69, 9.17) is 33.2 Å². The smallest absolute Gasteiger partial charge is 0.435 e. The van der Waals surface area contributed by atoms with Crippen molar-refractivity contribution in [3.63, 3.8) is 0 Å².